The monoisotopic (exact) mass is 319 g/mol. The molecule has 4 heteroatoms. The topological polar surface area (TPSA) is 50.9 Å². The molecule has 0 saturated carbocycles. The van der Waals surface area contributed by atoms with Crippen LogP contribution in [0.4, 0.5) is 0 Å². The van der Waals surface area contributed by atoms with Gasteiger partial charge in [-0.3, -0.25) is 10.8 Å². The molecule has 0 amide bonds. The summed E-state index contributed by atoms with van der Waals surface area (Å²) in [5.41, 5.74) is 6.39. The third-order valence-corrected chi connectivity index (χ3v) is 3.51. The normalized spacial score (nSPS) is 12.4. The van der Waals surface area contributed by atoms with Crippen molar-refractivity contribution >= 4 is 15.9 Å². The first kappa shape index (κ1) is 14.2. The average molecular weight is 320 g/mol. The molecule has 1 unspecified atom stereocenters. The third-order valence-electron chi connectivity index (χ3n) is 3.08. The molecule has 3 N–H and O–H groups in total. The zero-order valence-corrected chi connectivity index (χ0v) is 12.5. The van der Waals surface area contributed by atoms with E-state index >= 15 is 0 Å². The molecule has 2 aromatic rings. The minimum absolute atomic E-state index is 0.0410. The molecule has 0 aliphatic carbocycles. The van der Waals surface area contributed by atoms with Gasteiger partial charge in [0, 0.05) is 16.9 Å². The molecule has 100 valence electrons. The lowest BCUT2D eigenvalue weighted by molar-refractivity contribution is 0.634. The Hall–Kier alpha value is -1.23. The second kappa shape index (κ2) is 6.80. The Morgan fingerprint density at radius 3 is 2.53 bits per heavy atom. The molecular formula is C15H18BrN3. The van der Waals surface area contributed by atoms with Crippen LogP contribution in [0.5, 0.6) is 0 Å². The third kappa shape index (κ3) is 3.62. The summed E-state index contributed by atoms with van der Waals surface area (Å²) >= 11 is 3.43. The highest BCUT2D eigenvalue weighted by atomic mass is 79.9. The molecule has 0 radical (unpaired) electrons. The number of hydrogen-bond donors (Lipinski definition) is 2. The standard InChI is InChI=1S/C15H18BrN3/c1-2-3-11-4-6-12(7-5-11)15(19-17)13-8-14(16)10-18-9-13/h4-10,15,19H,2-3,17H2,1H3. The van der Waals surface area contributed by atoms with E-state index in [0.29, 0.717) is 0 Å². The fraction of sp³-hybridized carbons (Fsp3) is 0.267. The summed E-state index contributed by atoms with van der Waals surface area (Å²) in [6.45, 7) is 2.19. The van der Waals surface area contributed by atoms with Crippen molar-refractivity contribution in [2.75, 3.05) is 0 Å². The Morgan fingerprint density at radius 2 is 1.95 bits per heavy atom. The molecule has 1 heterocycles. The van der Waals surface area contributed by atoms with E-state index in [1.54, 1.807) is 6.20 Å². The van der Waals surface area contributed by atoms with Crippen LogP contribution in [0.3, 0.4) is 0 Å². The van der Waals surface area contributed by atoms with Gasteiger partial charge in [-0.2, -0.15) is 0 Å². The minimum atomic E-state index is -0.0410. The van der Waals surface area contributed by atoms with Crippen molar-refractivity contribution in [2.24, 2.45) is 5.84 Å². The van der Waals surface area contributed by atoms with E-state index in [0.717, 1.165) is 28.4 Å². The second-order valence-corrected chi connectivity index (χ2v) is 5.44. The SMILES string of the molecule is CCCc1ccc(C(NN)c2cncc(Br)c2)cc1. The van der Waals surface area contributed by atoms with Gasteiger partial charge >= 0.3 is 0 Å². The minimum Gasteiger partial charge on any atom is -0.271 e. The van der Waals surface area contributed by atoms with Crippen LogP contribution >= 0.6 is 15.9 Å². The predicted octanol–water partition coefficient (Wildman–Crippen LogP) is 3.35. The molecule has 1 atom stereocenters. The van der Waals surface area contributed by atoms with E-state index in [4.69, 9.17) is 5.84 Å². The van der Waals surface area contributed by atoms with E-state index in [9.17, 15) is 0 Å². The number of rotatable bonds is 5. The number of aromatic nitrogens is 1. The molecule has 3 nitrogen and oxygen atoms in total. The molecule has 0 spiro atoms. The summed E-state index contributed by atoms with van der Waals surface area (Å²) in [6.07, 6.45) is 5.86. The molecule has 0 saturated heterocycles. The molecular weight excluding hydrogens is 302 g/mol. The lowest BCUT2D eigenvalue weighted by Crippen LogP contribution is -2.28. The van der Waals surface area contributed by atoms with Crippen LogP contribution in [0.15, 0.2) is 47.2 Å². The van der Waals surface area contributed by atoms with Gasteiger partial charge in [0.05, 0.1) is 6.04 Å². The number of nitrogens with two attached hydrogens (primary N) is 1. The summed E-state index contributed by atoms with van der Waals surface area (Å²) < 4.78 is 0.952. The van der Waals surface area contributed by atoms with Crippen LogP contribution in [0.1, 0.15) is 36.1 Å². The van der Waals surface area contributed by atoms with Crippen molar-refractivity contribution in [2.45, 2.75) is 25.8 Å². The number of nitrogens with one attached hydrogen (secondary N) is 1. The van der Waals surface area contributed by atoms with E-state index in [2.05, 4.69) is 57.5 Å². The van der Waals surface area contributed by atoms with Crippen molar-refractivity contribution in [1.29, 1.82) is 0 Å². The molecule has 2 rings (SSSR count). The number of hydrazine groups is 1. The first-order valence-corrected chi connectivity index (χ1v) is 7.19. The smallest absolute Gasteiger partial charge is 0.0725 e. The highest BCUT2D eigenvalue weighted by Gasteiger charge is 2.12. The van der Waals surface area contributed by atoms with Gasteiger partial charge in [-0.25, -0.2) is 5.43 Å². The van der Waals surface area contributed by atoms with Crippen LogP contribution in [0.25, 0.3) is 0 Å². The van der Waals surface area contributed by atoms with E-state index in [1.807, 2.05) is 12.3 Å². The van der Waals surface area contributed by atoms with Gasteiger partial charge in [0.1, 0.15) is 0 Å². The average Bonchev–Trinajstić information content (AvgIpc) is 2.42. The Labute approximate surface area is 122 Å². The molecule has 1 aromatic heterocycles. The van der Waals surface area contributed by atoms with E-state index in [1.165, 1.54) is 5.56 Å². The summed E-state index contributed by atoms with van der Waals surface area (Å²) in [5.74, 6) is 5.69. The van der Waals surface area contributed by atoms with Crippen molar-refractivity contribution in [3.8, 4) is 0 Å². The highest BCUT2D eigenvalue weighted by Crippen LogP contribution is 2.23. The maximum atomic E-state index is 5.69. The molecule has 0 fully saturated rings. The fourth-order valence-electron chi connectivity index (χ4n) is 2.14. The molecule has 0 aliphatic rings. The van der Waals surface area contributed by atoms with Crippen LogP contribution in [-0.2, 0) is 6.42 Å². The number of aryl methyl sites for hydroxylation is 1. The van der Waals surface area contributed by atoms with Gasteiger partial charge in [-0.05, 0) is 45.1 Å². The van der Waals surface area contributed by atoms with Gasteiger partial charge in [0.2, 0.25) is 0 Å². The Balaban J connectivity index is 2.26. The maximum Gasteiger partial charge on any atom is 0.0725 e. The van der Waals surface area contributed by atoms with Gasteiger partial charge < -0.3 is 0 Å². The Bertz CT molecular complexity index is 525. The molecule has 19 heavy (non-hydrogen) atoms. The van der Waals surface area contributed by atoms with Crippen LogP contribution in [0.2, 0.25) is 0 Å². The number of benzene rings is 1. The van der Waals surface area contributed by atoms with Crippen molar-refractivity contribution in [1.82, 2.24) is 10.4 Å². The lowest BCUT2D eigenvalue weighted by Gasteiger charge is -2.17. The zero-order valence-electron chi connectivity index (χ0n) is 10.9. The first-order chi connectivity index (χ1) is 9.24. The van der Waals surface area contributed by atoms with Gasteiger partial charge in [0.15, 0.2) is 0 Å². The van der Waals surface area contributed by atoms with Crippen LogP contribution in [0, 0.1) is 0 Å². The number of pyridine rings is 1. The lowest BCUT2D eigenvalue weighted by atomic mass is 9.99. The maximum absolute atomic E-state index is 5.69. The van der Waals surface area contributed by atoms with E-state index in [-0.39, 0.29) is 6.04 Å². The summed E-state index contributed by atoms with van der Waals surface area (Å²) in [5, 5.41) is 0. The van der Waals surface area contributed by atoms with Crippen molar-refractivity contribution in [3.05, 3.63) is 63.9 Å². The highest BCUT2D eigenvalue weighted by molar-refractivity contribution is 9.10. The largest absolute Gasteiger partial charge is 0.271 e. The first-order valence-electron chi connectivity index (χ1n) is 6.40. The van der Waals surface area contributed by atoms with Crippen LogP contribution < -0.4 is 11.3 Å². The fourth-order valence-corrected chi connectivity index (χ4v) is 2.52. The number of hydrogen-bond acceptors (Lipinski definition) is 3. The zero-order chi connectivity index (χ0) is 13.7. The van der Waals surface area contributed by atoms with Crippen molar-refractivity contribution < 1.29 is 0 Å². The second-order valence-electron chi connectivity index (χ2n) is 4.53. The molecule has 0 bridgehead atoms. The van der Waals surface area contributed by atoms with E-state index < -0.39 is 0 Å². The van der Waals surface area contributed by atoms with Gasteiger partial charge in [-0.15, -0.1) is 0 Å². The number of halogens is 1. The van der Waals surface area contributed by atoms with Crippen LogP contribution in [-0.4, -0.2) is 4.98 Å². The summed E-state index contributed by atoms with van der Waals surface area (Å²) in [7, 11) is 0. The predicted molar refractivity (Wildman–Crippen MR) is 81.5 cm³/mol. The molecule has 0 aliphatic heterocycles. The summed E-state index contributed by atoms with van der Waals surface area (Å²) in [6, 6.07) is 10.5. The Morgan fingerprint density at radius 1 is 1.21 bits per heavy atom. The van der Waals surface area contributed by atoms with Crippen molar-refractivity contribution in [3.63, 3.8) is 0 Å². The van der Waals surface area contributed by atoms with Gasteiger partial charge in [-0.1, -0.05) is 37.6 Å². The quantitative estimate of drug-likeness (QED) is 0.656. The summed E-state index contributed by atoms with van der Waals surface area (Å²) in [4.78, 5) is 4.18. The molecule has 1 aromatic carbocycles. The Kier molecular flexibility index (Phi) is 5.07. The number of nitrogens with zero attached hydrogens (tertiary/aromatic N) is 1. The van der Waals surface area contributed by atoms with Gasteiger partial charge in [0.25, 0.3) is 0 Å².